The van der Waals surface area contributed by atoms with E-state index in [1.54, 1.807) is 0 Å². The number of rotatable bonds is 12. The van der Waals surface area contributed by atoms with Crippen LogP contribution in [0.3, 0.4) is 0 Å². The predicted molar refractivity (Wildman–Crippen MR) is 125 cm³/mol. The highest BCUT2D eigenvalue weighted by Crippen LogP contribution is 2.14. The molecule has 0 amide bonds. The average molecular weight is 401 g/mol. The molecule has 0 saturated heterocycles. The van der Waals surface area contributed by atoms with Crippen LogP contribution in [0.25, 0.3) is 0 Å². The number of aryl methyl sites for hydroxylation is 2. The van der Waals surface area contributed by atoms with Crippen molar-refractivity contribution in [1.82, 2.24) is 0 Å². The molecule has 0 aliphatic rings. The first-order valence-electron chi connectivity index (χ1n) is 11.0. The Morgan fingerprint density at radius 3 is 1.30 bits per heavy atom. The molecule has 0 unspecified atom stereocenters. The topological polar surface area (TPSA) is 0 Å². The molecule has 0 aromatic heterocycles. The summed E-state index contributed by atoms with van der Waals surface area (Å²) in [7, 11) is -2.12. The Morgan fingerprint density at radius 2 is 0.963 bits per heavy atom. The molecule has 0 heterocycles. The van der Waals surface area contributed by atoms with Crippen molar-refractivity contribution in [3.05, 3.63) is 59.7 Å². The second-order valence-corrected chi connectivity index (χ2v) is 13.4. The van der Waals surface area contributed by atoms with Crippen molar-refractivity contribution in [3.8, 4) is 0 Å². The Bertz CT molecular complexity index is 586. The molecular formula is C25H37ClSi. The fraction of sp³-hybridized carbons (Fsp3) is 0.520. The Hall–Kier alpha value is -1.05. The van der Waals surface area contributed by atoms with E-state index < -0.39 is 7.38 Å². The summed E-state index contributed by atoms with van der Waals surface area (Å²) < 4.78 is 0. The van der Waals surface area contributed by atoms with Crippen molar-refractivity contribution in [3.63, 3.8) is 0 Å². The van der Waals surface area contributed by atoms with Gasteiger partial charge in [0.1, 0.15) is 0 Å². The fourth-order valence-corrected chi connectivity index (χ4v) is 6.32. The van der Waals surface area contributed by atoms with Gasteiger partial charge < -0.3 is 0 Å². The molecule has 2 aromatic rings. The molecule has 0 aliphatic carbocycles. The zero-order valence-corrected chi connectivity index (χ0v) is 19.3. The quantitative estimate of drug-likeness (QED) is 0.207. The van der Waals surface area contributed by atoms with Crippen LogP contribution in [-0.2, 0) is 12.8 Å². The molecule has 0 bridgehead atoms. The summed E-state index contributed by atoms with van der Waals surface area (Å²) in [5.74, 6) is 0. The zero-order valence-electron chi connectivity index (χ0n) is 17.6. The van der Waals surface area contributed by atoms with E-state index in [1.165, 1.54) is 85.7 Å². The highest BCUT2D eigenvalue weighted by molar-refractivity contribution is 7.33. The standard InChI is InChI=1S/C25H37ClSi/c1-4-6-8-10-12-22-14-18-24(19-15-22)27(3,26)25-20-16-23(17-21-25)13-11-9-7-5-2/h14-21H,4-13H2,1-3H3. The molecule has 2 rings (SSSR count). The first-order valence-corrected chi connectivity index (χ1v) is 14.5. The summed E-state index contributed by atoms with van der Waals surface area (Å²) in [5, 5.41) is 2.63. The summed E-state index contributed by atoms with van der Waals surface area (Å²) in [6.07, 6.45) is 12.9. The molecule has 0 N–H and O–H groups in total. The summed E-state index contributed by atoms with van der Waals surface area (Å²) in [6.45, 7) is 6.78. The van der Waals surface area contributed by atoms with Gasteiger partial charge in [0.05, 0.1) is 0 Å². The highest BCUT2D eigenvalue weighted by atomic mass is 35.6. The number of benzene rings is 2. The Kier molecular flexibility index (Phi) is 9.65. The molecule has 0 radical (unpaired) electrons. The van der Waals surface area contributed by atoms with Gasteiger partial charge in [-0.2, -0.15) is 11.1 Å². The molecule has 2 heteroatoms. The minimum Gasteiger partial charge on any atom is -0.155 e. The fourth-order valence-electron chi connectivity index (χ4n) is 3.65. The molecule has 0 atom stereocenters. The SMILES string of the molecule is CCCCCCc1ccc([Si](C)(Cl)c2ccc(CCCCCC)cc2)cc1. The van der Waals surface area contributed by atoms with Gasteiger partial charge >= 0.3 is 0 Å². The van der Waals surface area contributed by atoms with Gasteiger partial charge in [-0.05, 0) is 53.7 Å². The maximum absolute atomic E-state index is 7.12. The van der Waals surface area contributed by atoms with Crippen molar-refractivity contribution >= 4 is 28.8 Å². The van der Waals surface area contributed by atoms with E-state index in [4.69, 9.17) is 11.1 Å². The predicted octanol–water partition coefficient (Wildman–Crippen LogP) is 6.86. The van der Waals surface area contributed by atoms with Crippen molar-refractivity contribution in [2.75, 3.05) is 0 Å². The highest BCUT2D eigenvalue weighted by Gasteiger charge is 2.29. The smallest absolute Gasteiger partial charge is 0.155 e. The number of hydrogen-bond acceptors (Lipinski definition) is 0. The first-order chi connectivity index (χ1) is 13.1. The third kappa shape index (κ3) is 7.12. The number of hydrogen-bond donors (Lipinski definition) is 0. The maximum atomic E-state index is 7.12. The molecule has 0 nitrogen and oxygen atoms in total. The maximum Gasteiger partial charge on any atom is 0.214 e. The minimum atomic E-state index is -2.12. The minimum absolute atomic E-state index is 1.19. The van der Waals surface area contributed by atoms with Crippen LogP contribution in [-0.4, -0.2) is 7.38 Å². The molecule has 27 heavy (non-hydrogen) atoms. The first kappa shape index (κ1) is 22.2. The lowest BCUT2D eigenvalue weighted by Gasteiger charge is -2.21. The largest absolute Gasteiger partial charge is 0.214 e. The second kappa shape index (κ2) is 11.7. The van der Waals surface area contributed by atoms with Gasteiger partial charge in [-0.1, -0.05) is 101 Å². The van der Waals surface area contributed by atoms with Gasteiger partial charge in [-0.15, -0.1) is 0 Å². The van der Waals surface area contributed by atoms with Gasteiger partial charge in [-0.3, -0.25) is 0 Å². The van der Waals surface area contributed by atoms with Crippen molar-refractivity contribution < 1.29 is 0 Å². The third-order valence-corrected chi connectivity index (χ3v) is 9.77. The third-order valence-electron chi connectivity index (χ3n) is 5.63. The van der Waals surface area contributed by atoms with E-state index in [0.717, 1.165) is 0 Å². The molecule has 0 fully saturated rings. The van der Waals surface area contributed by atoms with E-state index in [1.807, 2.05) is 0 Å². The van der Waals surface area contributed by atoms with Crippen LogP contribution in [0.4, 0.5) is 0 Å². The Labute approximate surface area is 173 Å². The Morgan fingerprint density at radius 1 is 0.593 bits per heavy atom. The van der Waals surface area contributed by atoms with E-state index in [-0.39, 0.29) is 0 Å². The van der Waals surface area contributed by atoms with E-state index in [9.17, 15) is 0 Å². The van der Waals surface area contributed by atoms with Crippen LogP contribution in [0, 0.1) is 0 Å². The van der Waals surface area contributed by atoms with Gasteiger partial charge in [-0.25, -0.2) is 0 Å². The molecular weight excluding hydrogens is 364 g/mol. The lowest BCUT2D eigenvalue weighted by Crippen LogP contribution is -2.50. The zero-order chi connectivity index (χ0) is 19.5. The van der Waals surface area contributed by atoms with Crippen LogP contribution in [0.1, 0.15) is 76.3 Å². The van der Waals surface area contributed by atoms with E-state index >= 15 is 0 Å². The van der Waals surface area contributed by atoms with Gasteiger partial charge in [0.2, 0.25) is 7.38 Å². The number of halogens is 1. The van der Waals surface area contributed by atoms with Crippen LogP contribution in [0.15, 0.2) is 48.5 Å². The van der Waals surface area contributed by atoms with Gasteiger partial charge in [0.15, 0.2) is 0 Å². The average Bonchev–Trinajstić information content (AvgIpc) is 2.69. The van der Waals surface area contributed by atoms with Crippen LogP contribution < -0.4 is 10.4 Å². The molecule has 0 aliphatic heterocycles. The Balaban J connectivity index is 1.96. The van der Waals surface area contributed by atoms with Crippen LogP contribution >= 0.6 is 11.1 Å². The van der Waals surface area contributed by atoms with E-state index in [2.05, 4.69) is 68.9 Å². The van der Waals surface area contributed by atoms with E-state index in [0.29, 0.717) is 0 Å². The summed E-state index contributed by atoms with van der Waals surface area (Å²) in [4.78, 5) is 0. The lowest BCUT2D eigenvalue weighted by atomic mass is 10.1. The molecule has 0 spiro atoms. The van der Waals surface area contributed by atoms with Crippen molar-refractivity contribution in [2.45, 2.75) is 84.6 Å². The van der Waals surface area contributed by atoms with Crippen LogP contribution in [0.2, 0.25) is 6.55 Å². The molecule has 0 saturated carbocycles. The summed E-state index contributed by atoms with van der Waals surface area (Å²) >= 11 is 7.12. The second-order valence-electron chi connectivity index (χ2n) is 8.02. The molecule has 148 valence electrons. The molecule has 2 aromatic carbocycles. The summed E-state index contributed by atoms with van der Waals surface area (Å²) in [5.41, 5.74) is 2.89. The summed E-state index contributed by atoms with van der Waals surface area (Å²) in [6, 6.07) is 18.2. The van der Waals surface area contributed by atoms with Crippen molar-refractivity contribution in [1.29, 1.82) is 0 Å². The monoisotopic (exact) mass is 400 g/mol. The van der Waals surface area contributed by atoms with Crippen LogP contribution in [0.5, 0.6) is 0 Å². The van der Waals surface area contributed by atoms with Crippen molar-refractivity contribution in [2.24, 2.45) is 0 Å². The van der Waals surface area contributed by atoms with Gasteiger partial charge in [0.25, 0.3) is 0 Å². The normalized spacial score (nSPS) is 11.7. The number of unbranched alkanes of at least 4 members (excludes halogenated alkanes) is 6. The van der Waals surface area contributed by atoms with Gasteiger partial charge in [0, 0.05) is 0 Å². The lowest BCUT2D eigenvalue weighted by molar-refractivity contribution is 0.667.